The number of methoxy groups -OCH3 is 1. The molecule has 1 atom stereocenters. The highest BCUT2D eigenvalue weighted by Crippen LogP contribution is 2.35. The zero-order valence-corrected chi connectivity index (χ0v) is 18.5. The first-order valence-corrected chi connectivity index (χ1v) is 10.4. The average molecular weight is 427 g/mol. The molecular weight excluding hydrogens is 396 g/mol. The van der Waals surface area contributed by atoms with Gasteiger partial charge in [0.25, 0.3) is 0 Å². The van der Waals surface area contributed by atoms with Crippen molar-refractivity contribution in [2.24, 2.45) is 4.99 Å². The van der Waals surface area contributed by atoms with Gasteiger partial charge in [-0.3, -0.25) is 10.3 Å². The van der Waals surface area contributed by atoms with Gasteiger partial charge in [0.15, 0.2) is 5.96 Å². The van der Waals surface area contributed by atoms with Gasteiger partial charge >= 0.3 is 6.09 Å². The fraction of sp³-hybridized carbons (Fsp3) is 0.391. The van der Waals surface area contributed by atoms with E-state index in [1.165, 1.54) is 12.7 Å². The van der Waals surface area contributed by atoms with E-state index in [0.29, 0.717) is 31.3 Å². The van der Waals surface area contributed by atoms with Crippen LogP contribution in [0, 0.1) is 0 Å². The highest BCUT2D eigenvalue weighted by atomic mass is 16.5. The van der Waals surface area contributed by atoms with Crippen LogP contribution < -0.4 is 25.4 Å². The summed E-state index contributed by atoms with van der Waals surface area (Å²) >= 11 is 0. The van der Waals surface area contributed by atoms with Crippen LogP contribution in [0.1, 0.15) is 30.5 Å². The second-order valence-electron chi connectivity index (χ2n) is 7.23. The zero-order valence-electron chi connectivity index (χ0n) is 18.5. The van der Waals surface area contributed by atoms with Gasteiger partial charge in [-0.25, -0.2) is 4.79 Å². The van der Waals surface area contributed by atoms with Gasteiger partial charge in [0.2, 0.25) is 0 Å². The minimum Gasteiger partial charge on any atom is -0.494 e. The SMILES string of the molecule is CCOc1cc2c(cc1CNC(=NC)NCc1ccc(NC(=O)OC)cc1)OC(C)C2. The molecule has 8 nitrogen and oxygen atoms in total. The second-order valence-corrected chi connectivity index (χ2v) is 7.23. The predicted octanol–water partition coefficient (Wildman–Crippen LogP) is 3.45. The van der Waals surface area contributed by atoms with Gasteiger partial charge in [0.1, 0.15) is 17.6 Å². The van der Waals surface area contributed by atoms with Crippen LogP contribution >= 0.6 is 0 Å². The number of guanidine groups is 1. The fourth-order valence-electron chi connectivity index (χ4n) is 3.37. The molecule has 1 amide bonds. The monoisotopic (exact) mass is 426 g/mol. The van der Waals surface area contributed by atoms with Crippen LogP contribution in [-0.2, 0) is 24.2 Å². The Labute approximate surface area is 183 Å². The third-order valence-corrected chi connectivity index (χ3v) is 4.89. The van der Waals surface area contributed by atoms with Crippen LogP contribution in [0.4, 0.5) is 10.5 Å². The molecule has 166 valence electrons. The average Bonchev–Trinajstić information content (AvgIpc) is 3.13. The molecule has 3 N–H and O–H groups in total. The fourth-order valence-corrected chi connectivity index (χ4v) is 3.37. The lowest BCUT2D eigenvalue weighted by Crippen LogP contribution is -2.36. The van der Waals surface area contributed by atoms with Crippen molar-refractivity contribution in [2.45, 2.75) is 39.5 Å². The van der Waals surface area contributed by atoms with E-state index in [9.17, 15) is 4.79 Å². The number of nitrogens with one attached hydrogen (secondary N) is 3. The number of rotatable bonds is 7. The molecule has 0 radical (unpaired) electrons. The molecule has 8 heteroatoms. The van der Waals surface area contributed by atoms with Gasteiger partial charge in [-0.1, -0.05) is 12.1 Å². The van der Waals surface area contributed by atoms with E-state index in [0.717, 1.165) is 29.0 Å². The van der Waals surface area contributed by atoms with Crippen LogP contribution in [0.25, 0.3) is 0 Å². The van der Waals surface area contributed by atoms with Crippen molar-refractivity contribution in [1.29, 1.82) is 0 Å². The Morgan fingerprint density at radius 1 is 1.19 bits per heavy atom. The maximum Gasteiger partial charge on any atom is 0.411 e. The lowest BCUT2D eigenvalue weighted by atomic mass is 10.1. The molecule has 1 aliphatic rings. The number of nitrogens with zero attached hydrogens (tertiary/aromatic N) is 1. The summed E-state index contributed by atoms with van der Waals surface area (Å²) in [4.78, 5) is 15.6. The number of amides is 1. The number of carbonyl (C=O) groups is 1. The first kappa shape index (κ1) is 22.3. The molecule has 2 aromatic rings. The van der Waals surface area contributed by atoms with Crippen molar-refractivity contribution >= 4 is 17.7 Å². The third-order valence-electron chi connectivity index (χ3n) is 4.89. The Morgan fingerprint density at radius 2 is 1.94 bits per heavy atom. The molecule has 0 bridgehead atoms. The standard InChI is InChI=1S/C23H30N4O4/c1-5-30-20-11-17-10-15(2)31-21(17)12-18(20)14-26-22(24-3)25-13-16-6-8-19(9-7-16)27-23(28)29-4/h6-9,11-12,15H,5,10,13-14H2,1-4H3,(H,27,28)(H2,24,25,26). The van der Waals surface area contributed by atoms with Gasteiger partial charge in [0.05, 0.1) is 13.7 Å². The van der Waals surface area contributed by atoms with E-state index in [1.807, 2.05) is 31.2 Å². The van der Waals surface area contributed by atoms with E-state index in [2.05, 4.69) is 44.7 Å². The number of hydrogen-bond acceptors (Lipinski definition) is 5. The Kier molecular flexibility index (Phi) is 7.59. The first-order valence-electron chi connectivity index (χ1n) is 10.4. The molecule has 2 aromatic carbocycles. The number of carbonyl (C=O) groups excluding carboxylic acids is 1. The highest BCUT2D eigenvalue weighted by molar-refractivity contribution is 5.84. The molecule has 0 aromatic heterocycles. The molecule has 1 aliphatic heterocycles. The molecule has 1 heterocycles. The summed E-state index contributed by atoms with van der Waals surface area (Å²) in [7, 11) is 3.07. The van der Waals surface area contributed by atoms with Crippen molar-refractivity contribution in [3.8, 4) is 11.5 Å². The first-order chi connectivity index (χ1) is 15.0. The highest BCUT2D eigenvalue weighted by Gasteiger charge is 2.21. The summed E-state index contributed by atoms with van der Waals surface area (Å²) < 4.78 is 16.3. The van der Waals surface area contributed by atoms with Crippen LogP contribution in [0.15, 0.2) is 41.4 Å². The molecule has 0 spiro atoms. The predicted molar refractivity (Wildman–Crippen MR) is 121 cm³/mol. The smallest absolute Gasteiger partial charge is 0.411 e. The number of benzene rings is 2. The van der Waals surface area contributed by atoms with Gasteiger partial charge in [0, 0.05) is 43.4 Å². The topological polar surface area (TPSA) is 93.2 Å². The largest absolute Gasteiger partial charge is 0.494 e. The van der Waals surface area contributed by atoms with Crippen molar-refractivity contribution in [1.82, 2.24) is 10.6 Å². The van der Waals surface area contributed by atoms with Gasteiger partial charge in [-0.2, -0.15) is 0 Å². The van der Waals surface area contributed by atoms with Crippen LogP contribution in [0.5, 0.6) is 11.5 Å². The second kappa shape index (κ2) is 10.6. The summed E-state index contributed by atoms with van der Waals surface area (Å²) in [5.74, 6) is 2.47. The van der Waals surface area contributed by atoms with E-state index in [1.54, 1.807) is 7.05 Å². The van der Waals surface area contributed by atoms with E-state index in [-0.39, 0.29) is 6.10 Å². The Morgan fingerprint density at radius 3 is 2.61 bits per heavy atom. The molecule has 0 aliphatic carbocycles. The van der Waals surface area contributed by atoms with Gasteiger partial charge < -0.3 is 24.8 Å². The Balaban J connectivity index is 1.57. The molecule has 31 heavy (non-hydrogen) atoms. The number of hydrogen-bond donors (Lipinski definition) is 3. The van der Waals surface area contributed by atoms with Crippen molar-refractivity contribution in [2.75, 3.05) is 26.1 Å². The number of fused-ring (bicyclic) bond motifs is 1. The summed E-state index contributed by atoms with van der Waals surface area (Å²) in [6.07, 6.45) is 0.602. The quantitative estimate of drug-likeness (QED) is 0.464. The lowest BCUT2D eigenvalue weighted by molar-refractivity contribution is 0.187. The lowest BCUT2D eigenvalue weighted by Gasteiger charge is -2.16. The number of anilines is 1. The Hall–Kier alpha value is -3.42. The van der Waals surface area contributed by atoms with E-state index >= 15 is 0 Å². The number of aliphatic imine (C=N–C) groups is 1. The van der Waals surface area contributed by atoms with Crippen molar-refractivity contribution in [3.63, 3.8) is 0 Å². The van der Waals surface area contributed by atoms with Gasteiger partial charge in [-0.15, -0.1) is 0 Å². The van der Waals surface area contributed by atoms with Gasteiger partial charge in [-0.05, 0) is 43.7 Å². The molecule has 1 unspecified atom stereocenters. The van der Waals surface area contributed by atoms with Crippen LogP contribution in [0.2, 0.25) is 0 Å². The maximum atomic E-state index is 11.3. The normalized spacial score (nSPS) is 15.0. The van der Waals surface area contributed by atoms with E-state index in [4.69, 9.17) is 9.47 Å². The molecule has 3 rings (SSSR count). The van der Waals surface area contributed by atoms with Crippen LogP contribution in [0.3, 0.4) is 0 Å². The van der Waals surface area contributed by atoms with E-state index < -0.39 is 6.09 Å². The molecule has 0 saturated heterocycles. The number of ether oxygens (including phenoxy) is 3. The van der Waals surface area contributed by atoms with Crippen molar-refractivity contribution in [3.05, 3.63) is 53.1 Å². The summed E-state index contributed by atoms with van der Waals surface area (Å²) in [5.41, 5.74) is 3.94. The zero-order chi connectivity index (χ0) is 22.2. The molecule has 0 fully saturated rings. The van der Waals surface area contributed by atoms with Crippen molar-refractivity contribution < 1.29 is 19.0 Å². The minimum atomic E-state index is -0.492. The minimum absolute atomic E-state index is 0.191. The maximum absolute atomic E-state index is 11.3. The summed E-state index contributed by atoms with van der Waals surface area (Å²) in [6, 6.07) is 11.6. The van der Waals surface area contributed by atoms with Crippen LogP contribution in [-0.4, -0.2) is 38.9 Å². The molecule has 0 saturated carbocycles. The summed E-state index contributed by atoms with van der Waals surface area (Å²) in [6.45, 7) is 5.80. The molecular formula is C23H30N4O4. The Bertz CT molecular complexity index is 928. The summed E-state index contributed by atoms with van der Waals surface area (Å²) in [5, 5.41) is 9.25. The third kappa shape index (κ3) is 6.04.